The quantitative estimate of drug-likeness (QED) is 0.736. The molecule has 1 unspecified atom stereocenters. The smallest absolute Gasteiger partial charge is 0.328 e. The molecule has 2 N–H and O–H groups in total. The summed E-state index contributed by atoms with van der Waals surface area (Å²) in [6.45, 7) is 2.14. The van der Waals surface area contributed by atoms with E-state index in [-0.39, 0.29) is 6.61 Å². The number of nitrogens with zero attached hydrogens (tertiary/aromatic N) is 2. The summed E-state index contributed by atoms with van der Waals surface area (Å²) in [5.41, 5.74) is 0.895. The fraction of sp³-hybridized carbons (Fsp3) is 0.545. The molecule has 1 atom stereocenters. The molecule has 0 aliphatic carbocycles. The zero-order chi connectivity index (χ0) is 12.7. The second-order valence-corrected chi connectivity index (χ2v) is 3.64. The average molecular weight is 239 g/mol. The number of aryl methyl sites for hydroxylation is 1. The van der Waals surface area contributed by atoms with E-state index in [2.05, 4.69) is 22.2 Å². The third kappa shape index (κ3) is 4.36. The van der Waals surface area contributed by atoms with Crippen molar-refractivity contribution in [1.82, 2.24) is 9.97 Å². The number of carbonyl (C=O) groups is 1. The van der Waals surface area contributed by atoms with E-state index in [1.54, 1.807) is 6.07 Å². The van der Waals surface area contributed by atoms with Crippen molar-refractivity contribution in [2.45, 2.75) is 25.8 Å². The number of ether oxygens (including phenoxy) is 1. The lowest BCUT2D eigenvalue weighted by atomic mass is 10.2. The molecular weight excluding hydrogens is 222 g/mol. The normalized spacial score (nSPS) is 12.1. The minimum Gasteiger partial charge on any atom is -0.480 e. The minimum atomic E-state index is -0.970. The summed E-state index contributed by atoms with van der Waals surface area (Å²) in [4.78, 5) is 19.0. The summed E-state index contributed by atoms with van der Waals surface area (Å²) in [6, 6.07) is 0.958. The standard InChI is InChI=1S/C11H17N3O3/c1-3-4-8-5-10(13-7-12-8)14-9(6-17-2)11(15)16/h5,7,9H,3-4,6H2,1-2H3,(H,15,16)(H,12,13,14). The van der Waals surface area contributed by atoms with Gasteiger partial charge in [-0.05, 0) is 6.42 Å². The maximum absolute atomic E-state index is 10.9. The first-order chi connectivity index (χ1) is 8.17. The molecule has 0 aliphatic heterocycles. The molecule has 0 bridgehead atoms. The first-order valence-corrected chi connectivity index (χ1v) is 5.46. The van der Waals surface area contributed by atoms with Crippen molar-refractivity contribution in [1.29, 1.82) is 0 Å². The van der Waals surface area contributed by atoms with Gasteiger partial charge in [-0.1, -0.05) is 13.3 Å². The highest BCUT2D eigenvalue weighted by Crippen LogP contribution is 2.07. The van der Waals surface area contributed by atoms with Crippen LogP contribution in [0.3, 0.4) is 0 Å². The van der Waals surface area contributed by atoms with Crippen LogP contribution in [0.25, 0.3) is 0 Å². The van der Waals surface area contributed by atoms with Crippen molar-refractivity contribution in [3.8, 4) is 0 Å². The number of rotatable bonds is 7. The van der Waals surface area contributed by atoms with E-state index in [1.807, 2.05) is 0 Å². The molecule has 1 aromatic heterocycles. The first kappa shape index (κ1) is 13.4. The van der Waals surface area contributed by atoms with Gasteiger partial charge in [0.25, 0.3) is 0 Å². The number of hydrogen-bond donors (Lipinski definition) is 2. The molecule has 1 heterocycles. The monoisotopic (exact) mass is 239 g/mol. The highest BCUT2D eigenvalue weighted by molar-refractivity contribution is 5.77. The van der Waals surface area contributed by atoms with Crippen molar-refractivity contribution < 1.29 is 14.6 Å². The van der Waals surface area contributed by atoms with Crippen LogP contribution < -0.4 is 5.32 Å². The van der Waals surface area contributed by atoms with Crippen LogP contribution in [0.15, 0.2) is 12.4 Å². The van der Waals surface area contributed by atoms with Crippen molar-refractivity contribution >= 4 is 11.8 Å². The number of hydrogen-bond acceptors (Lipinski definition) is 5. The molecule has 0 radical (unpaired) electrons. The second kappa shape index (κ2) is 6.80. The van der Waals surface area contributed by atoms with Crippen LogP contribution in [0.2, 0.25) is 0 Å². The highest BCUT2D eigenvalue weighted by atomic mass is 16.5. The van der Waals surface area contributed by atoms with Crippen LogP contribution in [-0.2, 0) is 16.0 Å². The van der Waals surface area contributed by atoms with E-state index in [0.717, 1.165) is 18.5 Å². The molecule has 6 nitrogen and oxygen atoms in total. The van der Waals surface area contributed by atoms with Gasteiger partial charge in [-0.2, -0.15) is 0 Å². The maximum atomic E-state index is 10.9. The number of carboxylic acid groups (broad SMARTS) is 1. The van der Waals surface area contributed by atoms with Gasteiger partial charge in [0, 0.05) is 18.9 Å². The number of aromatic nitrogens is 2. The lowest BCUT2D eigenvalue weighted by molar-refractivity contribution is -0.139. The molecule has 6 heteroatoms. The van der Waals surface area contributed by atoms with Crippen LogP contribution in [0.5, 0.6) is 0 Å². The molecule has 1 rings (SSSR count). The van der Waals surface area contributed by atoms with E-state index < -0.39 is 12.0 Å². The van der Waals surface area contributed by atoms with Crippen LogP contribution in [0, 0.1) is 0 Å². The van der Waals surface area contributed by atoms with Crippen molar-refractivity contribution in [2.24, 2.45) is 0 Å². The Morgan fingerprint density at radius 3 is 2.94 bits per heavy atom. The van der Waals surface area contributed by atoms with Crippen LogP contribution in [0.4, 0.5) is 5.82 Å². The molecule has 0 amide bonds. The SMILES string of the molecule is CCCc1cc(NC(COC)C(=O)O)ncn1. The summed E-state index contributed by atoms with van der Waals surface area (Å²) in [5.74, 6) is -0.463. The Bertz CT molecular complexity index is 371. The van der Waals surface area contributed by atoms with Crippen molar-refractivity contribution in [3.05, 3.63) is 18.1 Å². The third-order valence-electron chi connectivity index (χ3n) is 2.18. The topological polar surface area (TPSA) is 84.3 Å². The fourth-order valence-corrected chi connectivity index (χ4v) is 1.39. The number of nitrogens with one attached hydrogen (secondary N) is 1. The summed E-state index contributed by atoms with van der Waals surface area (Å²) in [7, 11) is 1.46. The van der Waals surface area contributed by atoms with Crippen molar-refractivity contribution in [3.63, 3.8) is 0 Å². The van der Waals surface area contributed by atoms with Gasteiger partial charge in [0.05, 0.1) is 6.61 Å². The van der Waals surface area contributed by atoms with Gasteiger partial charge in [-0.25, -0.2) is 14.8 Å². The highest BCUT2D eigenvalue weighted by Gasteiger charge is 2.17. The molecule has 0 saturated heterocycles. The van der Waals surface area contributed by atoms with Gasteiger partial charge in [0.1, 0.15) is 18.2 Å². The van der Waals surface area contributed by atoms with E-state index >= 15 is 0 Å². The van der Waals surface area contributed by atoms with Gasteiger partial charge >= 0.3 is 5.97 Å². The van der Waals surface area contributed by atoms with Gasteiger partial charge in [0.2, 0.25) is 0 Å². The van der Waals surface area contributed by atoms with Gasteiger partial charge < -0.3 is 15.2 Å². The average Bonchev–Trinajstić information content (AvgIpc) is 2.29. The molecule has 0 aromatic carbocycles. The summed E-state index contributed by atoms with van der Waals surface area (Å²) in [5, 5.41) is 11.8. The number of anilines is 1. The first-order valence-electron chi connectivity index (χ1n) is 5.46. The van der Waals surface area contributed by atoms with E-state index in [1.165, 1.54) is 13.4 Å². The predicted octanol–water partition coefficient (Wildman–Crippen LogP) is 0.941. The Hall–Kier alpha value is -1.69. The van der Waals surface area contributed by atoms with Gasteiger partial charge in [-0.15, -0.1) is 0 Å². The zero-order valence-electron chi connectivity index (χ0n) is 10.0. The minimum absolute atomic E-state index is 0.0858. The Morgan fingerprint density at radius 1 is 1.59 bits per heavy atom. The second-order valence-electron chi connectivity index (χ2n) is 3.64. The van der Waals surface area contributed by atoms with Crippen LogP contribution in [0.1, 0.15) is 19.0 Å². The number of aliphatic carboxylic acids is 1. The molecule has 0 spiro atoms. The van der Waals surface area contributed by atoms with E-state index in [0.29, 0.717) is 5.82 Å². The lowest BCUT2D eigenvalue weighted by Gasteiger charge is -2.14. The van der Waals surface area contributed by atoms with Crippen LogP contribution >= 0.6 is 0 Å². The molecule has 94 valence electrons. The van der Waals surface area contributed by atoms with E-state index in [9.17, 15) is 4.79 Å². The Morgan fingerprint density at radius 2 is 2.35 bits per heavy atom. The molecule has 0 aliphatic rings. The third-order valence-corrected chi connectivity index (χ3v) is 2.18. The van der Waals surface area contributed by atoms with Crippen molar-refractivity contribution in [2.75, 3.05) is 19.0 Å². The summed E-state index contributed by atoms with van der Waals surface area (Å²) >= 11 is 0. The molecule has 0 saturated carbocycles. The lowest BCUT2D eigenvalue weighted by Crippen LogP contribution is -2.34. The largest absolute Gasteiger partial charge is 0.480 e. The number of methoxy groups -OCH3 is 1. The zero-order valence-corrected chi connectivity index (χ0v) is 10.0. The predicted molar refractivity (Wildman–Crippen MR) is 62.9 cm³/mol. The Labute approximate surface area is 100 Å². The Balaban J connectivity index is 2.71. The molecule has 1 aromatic rings. The van der Waals surface area contributed by atoms with Gasteiger partial charge in [-0.3, -0.25) is 0 Å². The fourth-order valence-electron chi connectivity index (χ4n) is 1.39. The van der Waals surface area contributed by atoms with Gasteiger partial charge in [0.15, 0.2) is 0 Å². The summed E-state index contributed by atoms with van der Waals surface area (Å²) in [6.07, 6.45) is 3.26. The van der Waals surface area contributed by atoms with Crippen LogP contribution in [-0.4, -0.2) is 40.8 Å². The maximum Gasteiger partial charge on any atom is 0.328 e. The molecule has 0 fully saturated rings. The number of carboxylic acids is 1. The molecule has 17 heavy (non-hydrogen) atoms. The Kier molecular flexibility index (Phi) is 5.35. The molecular formula is C11H17N3O3. The van der Waals surface area contributed by atoms with E-state index in [4.69, 9.17) is 9.84 Å². The summed E-state index contributed by atoms with van der Waals surface area (Å²) < 4.78 is 4.83.